The van der Waals surface area contributed by atoms with E-state index in [0.717, 1.165) is 51.1 Å². The Morgan fingerprint density at radius 3 is 2.30 bits per heavy atom. The van der Waals surface area contributed by atoms with E-state index in [1.54, 1.807) is 6.08 Å². The van der Waals surface area contributed by atoms with E-state index in [-0.39, 0.29) is 0 Å². The molecule has 37 heavy (non-hydrogen) atoms. The van der Waals surface area contributed by atoms with Crippen molar-refractivity contribution in [1.82, 2.24) is 9.55 Å². The highest BCUT2D eigenvalue weighted by molar-refractivity contribution is 5.87. The van der Waals surface area contributed by atoms with Gasteiger partial charge in [-0.05, 0) is 48.4 Å². The van der Waals surface area contributed by atoms with Crippen LogP contribution in [-0.2, 0) is 17.9 Å². The monoisotopic (exact) mass is 490 g/mol. The Hall–Kier alpha value is -4.84. The van der Waals surface area contributed by atoms with Crippen molar-refractivity contribution in [3.63, 3.8) is 0 Å². The lowest BCUT2D eigenvalue weighted by molar-refractivity contribution is -0.131. The fraction of sp³-hybridized carbons (Fsp3) is 0.0968. The minimum atomic E-state index is -0.973. The number of ether oxygens (including phenoxy) is 1. The highest BCUT2D eigenvalue weighted by atomic mass is 16.5. The van der Waals surface area contributed by atoms with E-state index in [1.165, 1.54) is 0 Å². The summed E-state index contributed by atoms with van der Waals surface area (Å²) in [6.45, 7) is 2.85. The zero-order chi connectivity index (χ0) is 25.6. The normalized spacial score (nSPS) is 11.2. The maximum Gasteiger partial charge on any atom is 0.328 e. The smallest absolute Gasteiger partial charge is 0.328 e. The lowest BCUT2D eigenvalue weighted by Crippen LogP contribution is -1.99. The number of carbonyl (C=O) groups is 1. The van der Waals surface area contributed by atoms with Crippen LogP contribution in [0.25, 0.3) is 28.7 Å². The molecular weight excluding hydrogens is 464 g/mol. The fourth-order valence-electron chi connectivity index (χ4n) is 4.09. The number of aromatic nitrogens is 2. The predicted octanol–water partition coefficient (Wildman–Crippen LogP) is 6.84. The zero-order valence-corrected chi connectivity index (χ0v) is 20.4. The van der Waals surface area contributed by atoms with Gasteiger partial charge < -0.3 is 18.8 Å². The molecule has 6 heteroatoms. The minimum Gasteiger partial charge on any atom is -0.487 e. The van der Waals surface area contributed by atoms with Gasteiger partial charge in [0, 0.05) is 41.7 Å². The van der Waals surface area contributed by atoms with Crippen LogP contribution in [0.15, 0.2) is 108 Å². The molecule has 0 atom stereocenters. The molecule has 6 nitrogen and oxygen atoms in total. The van der Waals surface area contributed by atoms with Gasteiger partial charge in [0.1, 0.15) is 23.8 Å². The number of rotatable bonds is 9. The van der Waals surface area contributed by atoms with Crippen LogP contribution in [0, 0.1) is 6.92 Å². The molecule has 0 spiro atoms. The molecule has 3 aromatic carbocycles. The average Bonchev–Trinajstić information content (AvgIpc) is 3.51. The number of benzene rings is 3. The Labute approximate surface area is 215 Å². The van der Waals surface area contributed by atoms with Crippen molar-refractivity contribution in [2.45, 2.75) is 20.1 Å². The Kier molecular flexibility index (Phi) is 6.99. The van der Waals surface area contributed by atoms with E-state index in [2.05, 4.69) is 9.55 Å². The maximum absolute atomic E-state index is 11.1. The second-order valence-corrected chi connectivity index (χ2v) is 8.66. The molecule has 0 bridgehead atoms. The largest absolute Gasteiger partial charge is 0.487 e. The first kappa shape index (κ1) is 23.9. The van der Waals surface area contributed by atoms with E-state index in [0.29, 0.717) is 19.0 Å². The molecule has 0 aliphatic rings. The molecule has 0 saturated heterocycles. The minimum absolute atomic E-state index is 0.318. The lowest BCUT2D eigenvalue weighted by Gasteiger charge is -2.07. The summed E-state index contributed by atoms with van der Waals surface area (Å²) >= 11 is 0. The van der Waals surface area contributed by atoms with Crippen molar-refractivity contribution < 1.29 is 19.1 Å². The number of aryl methyl sites for hydroxylation is 1. The Morgan fingerprint density at radius 2 is 1.62 bits per heavy atom. The highest BCUT2D eigenvalue weighted by Crippen LogP contribution is 2.27. The molecule has 184 valence electrons. The standard InChI is InChI=1S/C31H26N2O4/c1-22-29(32-31(37-22)25-10-6-3-7-11-25)21-36-27-15-12-23(13-16-27)18-33-19-26(14-17-30(34)35)28(20-33)24-8-4-2-5-9-24/h2-17,19-20H,18,21H2,1H3,(H,34,35)/b17-14+. The number of aliphatic carboxylic acids is 1. The molecule has 0 unspecified atom stereocenters. The first-order valence-corrected chi connectivity index (χ1v) is 11.9. The van der Waals surface area contributed by atoms with Crippen molar-refractivity contribution in [3.8, 4) is 28.3 Å². The van der Waals surface area contributed by atoms with Gasteiger partial charge in [-0.1, -0.05) is 60.7 Å². The van der Waals surface area contributed by atoms with Crippen LogP contribution in [0.3, 0.4) is 0 Å². The van der Waals surface area contributed by atoms with Crippen LogP contribution in [0.5, 0.6) is 5.75 Å². The zero-order valence-electron chi connectivity index (χ0n) is 20.4. The van der Waals surface area contributed by atoms with Crippen molar-refractivity contribution in [2.75, 3.05) is 0 Å². The van der Waals surface area contributed by atoms with Gasteiger partial charge in [-0.15, -0.1) is 0 Å². The van der Waals surface area contributed by atoms with Gasteiger partial charge in [-0.25, -0.2) is 9.78 Å². The van der Waals surface area contributed by atoms with Crippen LogP contribution in [0.2, 0.25) is 0 Å². The third-order valence-corrected chi connectivity index (χ3v) is 5.98. The summed E-state index contributed by atoms with van der Waals surface area (Å²) in [5, 5.41) is 9.07. The summed E-state index contributed by atoms with van der Waals surface area (Å²) < 4.78 is 13.8. The van der Waals surface area contributed by atoms with Crippen molar-refractivity contribution in [2.24, 2.45) is 0 Å². The fourth-order valence-corrected chi connectivity index (χ4v) is 4.09. The molecular formula is C31H26N2O4. The second-order valence-electron chi connectivity index (χ2n) is 8.66. The molecule has 5 rings (SSSR count). The molecule has 0 amide bonds. The van der Waals surface area contributed by atoms with Crippen molar-refractivity contribution in [1.29, 1.82) is 0 Å². The molecule has 0 aliphatic heterocycles. The van der Waals surface area contributed by atoms with E-state index in [1.807, 2.05) is 104 Å². The highest BCUT2D eigenvalue weighted by Gasteiger charge is 2.12. The van der Waals surface area contributed by atoms with E-state index in [9.17, 15) is 4.79 Å². The summed E-state index contributed by atoms with van der Waals surface area (Å²) in [5.41, 5.74) is 5.67. The van der Waals surface area contributed by atoms with Gasteiger partial charge in [-0.2, -0.15) is 0 Å². The van der Waals surface area contributed by atoms with Crippen LogP contribution in [0.4, 0.5) is 0 Å². The van der Waals surface area contributed by atoms with Crippen LogP contribution in [0.1, 0.15) is 22.6 Å². The Bertz CT molecular complexity index is 1520. The number of hydrogen-bond acceptors (Lipinski definition) is 4. The summed E-state index contributed by atoms with van der Waals surface area (Å²) in [6.07, 6.45) is 6.80. The predicted molar refractivity (Wildman–Crippen MR) is 143 cm³/mol. The van der Waals surface area contributed by atoms with Gasteiger partial charge in [0.05, 0.1) is 0 Å². The average molecular weight is 491 g/mol. The summed E-state index contributed by atoms with van der Waals surface area (Å²) in [5.74, 6) is 1.10. The quantitative estimate of drug-likeness (QED) is 0.229. The second kappa shape index (κ2) is 10.8. The molecule has 2 heterocycles. The third-order valence-electron chi connectivity index (χ3n) is 5.98. The van der Waals surface area contributed by atoms with Gasteiger partial charge >= 0.3 is 5.97 Å². The molecule has 0 saturated carbocycles. The first-order valence-electron chi connectivity index (χ1n) is 11.9. The number of nitrogens with zero attached hydrogens (tertiary/aromatic N) is 2. The molecule has 0 fully saturated rings. The summed E-state index contributed by atoms with van der Waals surface area (Å²) in [6, 6.07) is 27.7. The van der Waals surface area contributed by atoms with Gasteiger partial charge in [-0.3, -0.25) is 0 Å². The number of oxazole rings is 1. The van der Waals surface area contributed by atoms with E-state index < -0.39 is 5.97 Å². The number of carboxylic acids is 1. The summed E-state index contributed by atoms with van der Waals surface area (Å²) in [7, 11) is 0. The number of carboxylic acid groups (broad SMARTS) is 1. The molecule has 1 N–H and O–H groups in total. The molecule has 2 aromatic heterocycles. The van der Waals surface area contributed by atoms with Gasteiger partial charge in [0.2, 0.25) is 5.89 Å². The Morgan fingerprint density at radius 1 is 0.946 bits per heavy atom. The van der Waals surface area contributed by atoms with Crippen LogP contribution >= 0.6 is 0 Å². The SMILES string of the molecule is Cc1oc(-c2ccccc2)nc1COc1ccc(Cn2cc(/C=C/C(=O)O)c(-c3ccccc3)c2)cc1. The topological polar surface area (TPSA) is 77.5 Å². The Balaban J connectivity index is 1.27. The van der Waals surface area contributed by atoms with Crippen molar-refractivity contribution >= 4 is 12.0 Å². The van der Waals surface area contributed by atoms with E-state index >= 15 is 0 Å². The van der Waals surface area contributed by atoms with Crippen LogP contribution < -0.4 is 4.74 Å². The third kappa shape index (κ3) is 5.87. The first-order chi connectivity index (χ1) is 18.0. The van der Waals surface area contributed by atoms with Crippen molar-refractivity contribution in [3.05, 3.63) is 126 Å². The molecule has 0 radical (unpaired) electrons. The molecule has 5 aromatic rings. The molecule has 0 aliphatic carbocycles. The number of hydrogen-bond donors (Lipinski definition) is 1. The maximum atomic E-state index is 11.1. The van der Waals surface area contributed by atoms with Gasteiger partial charge in [0.15, 0.2) is 0 Å². The lowest BCUT2D eigenvalue weighted by atomic mass is 10.0. The van der Waals surface area contributed by atoms with E-state index in [4.69, 9.17) is 14.3 Å². The summed E-state index contributed by atoms with van der Waals surface area (Å²) in [4.78, 5) is 15.7. The van der Waals surface area contributed by atoms with Crippen LogP contribution in [-0.4, -0.2) is 20.6 Å². The van der Waals surface area contributed by atoms with Gasteiger partial charge in [0.25, 0.3) is 0 Å².